The summed E-state index contributed by atoms with van der Waals surface area (Å²) in [6.45, 7) is 4.39. The number of rotatable bonds is 2. The predicted octanol–water partition coefficient (Wildman–Crippen LogP) is 2.90. The summed E-state index contributed by atoms with van der Waals surface area (Å²) in [5.41, 5.74) is 4.64. The van der Waals surface area contributed by atoms with Crippen LogP contribution in [0.25, 0.3) is 0 Å². The number of hydrogen-bond acceptors (Lipinski definition) is 2. The van der Waals surface area contributed by atoms with Gasteiger partial charge >= 0.3 is 0 Å². The second-order valence-electron chi connectivity index (χ2n) is 6.05. The van der Waals surface area contributed by atoms with Gasteiger partial charge in [0.2, 0.25) is 0 Å². The van der Waals surface area contributed by atoms with E-state index in [1.165, 1.54) is 6.42 Å². The molecule has 3 atom stereocenters. The molecule has 0 spiro atoms. The molecule has 1 aliphatic carbocycles. The van der Waals surface area contributed by atoms with Crippen molar-refractivity contribution < 1.29 is 13.6 Å². The van der Waals surface area contributed by atoms with Gasteiger partial charge in [-0.25, -0.2) is 8.78 Å². The summed E-state index contributed by atoms with van der Waals surface area (Å²) < 4.78 is 26.4. The van der Waals surface area contributed by atoms with E-state index in [0.29, 0.717) is 17.9 Å². The maximum atomic E-state index is 13.5. The number of carbonyl (C=O) groups excluding carboxylic acids is 1. The summed E-state index contributed by atoms with van der Waals surface area (Å²) in [6, 6.07) is 3.03. The average molecular weight is 341 g/mol. The summed E-state index contributed by atoms with van der Waals surface area (Å²) in [5, 5.41) is 3.47. The molecule has 0 bridgehead atoms. The van der Waals surface area contributed by atoms with E-state index in [-0.39, 0.29) is 16.7 Å². The summed E-state index contributed by atoms with van der Waals surface area (Å²) in [4.78, 5) is 11.9. The number of hydrazine groups is 1. The highest BCUT2D eigenvalue weighted by atomic mass is 32.1. The van der Waals surface area contributed by atoms with Crippen molar-refractivity contribution in [2.24, 2.45) is 11.8 Å². The third-order valence-corrected chi connectivity index (χ3v) is 4.71. The fourth-order valence-corrected chi connectivity index (χ4v) is 3.05. The normalized spacial score (nSPS) is 23.9. The Morgan fingerprint density at radius 1 is 1.22 bits per heavy atom. The Bertz CT molecular complexity index is 597. The lowest BCUT2D eigenvalue weighted by Gasteiger charge is -2.35. The van der Waals surface area contributed by atoms with E-state index in [0.717, 1.165) is 25.0 Å². The van der Waals surface area contributed by atoms with Crippen molar-refractivity contribution in [3.05, 3.63) is 35.4 Å². The van der Waals surface area contributed by atoms with E-state index >= 15 is 0 Å². The van der Waals surface area contributed by atoms with Gasteiger partial charge in [0, 0.05) is 12.1 Å². The molecule has 0 aromatic heterocycles. The molecule has 2 rings (SSSR count). The highest BCUT2D eigenvalue weighted by Gasteiger charge is 2.27. The van der Waals surface area contributed by atoms with Crippen molar-refractivity contribution >= 4 is 23.2 Å². The molecule has 3 N–H and O–H groups in total. The number of thiocarbonyl (C=S) groups is 1. The largest absolute Gasteiger partial charge is 0.358 e. The molecule has 1 aromatic carbocycles. The maximum absolute atomic E-state index is 13.5. The molecule has 0 aliphatic heterocycles. The Labute approximate surface area is 140 Å². The summed E-state index contributed by atoms with van der Waals surface area (Å²) in [5.74, 6) is -1.26. The highest BCUT2D eigenvalue weighted by molar-refractivity contribution is 7.80. The molecule has 4 nitrogen and oxygen atoms in total. The first kappa shape index (κ1) is 17.6. The summed E-state index contributed by atoms with van der Waals surface area (Å²) in [6.07, 6.45) is 3.37. The van der Waals surface area contributed by atoms with Gasteiger partial charge < -0.3 is 5.32 Å². The number of nitrogens with one attached hydrogen (secondary N) is 3. The van der Waals surface area contributed by atoms with Gasteiger partial charge in [-0.15, -0.1) is 0 Å². The molecule has 1 aromatic rings. The molecule has 0 saturated heterocycles. The molecular formula is C16H21F2N3OS. The van der Waals surface area contributed by atoms with Gasteiger partial charge in [0.25, 0.3) is 5.91 Å². The van der Waals surface area contributed by atoms with Gasteiger partial charge in [-0.05, 0) is 42.6 Å². The van der Waals surface area contributed by atoms with E-state index < -0.39 is 17.5 Å². The first-order chi connectivity index (χ1) is 10.9. The molecule has 23 heavy (non-hydrogen) atoms. The van der Waals surface area contributed by atoms with Crippen molar-refractivity contribution in [2.45, 2.75) is 39.2 Å². The van der Waals surface area contributed by atoms with Crippen LogP contribution in [0.5, 0.6) is 0 Å². The average Bonchev–Trinajstić information content (AvgIpc) is 2.49. The number of benzene rings is 1. The van der Waals surface area contributed by atoms with Crippen molar-refractivity contribution in [2.75, 3.05) is 0 Å². The van der Waals surface area contributed by atoms with Crippen molar-refractivity contribution in [1.82, 2.24) is 16.2 Å². The first-order valence-corrected chi connectivity index (χ1v) is 8.11. The fourth-order valence-electron chi connectivity index (χ4n) is 2.84. The SMILES string of the molecule is C[C@H]1[C@@H](NC(=S)NNC(=O)c2ccc(F)cc2F)CCC[C@@H]1C. The Morgan fingerprint density at radius 2 is 1.96 bits per heavy atom. The van der Waals surface area contributed by atoms with Crippen LogP contribution >= 0.6 is 12.2 Å². The monoisotopic (exact) mass is 341 g/mol. The van der Waals surface area contributed by atoms with Crippen LogP contribution < -0.4 is 16.2 Å². The molecule has 126 valence electrons. The van der Waals surface area contributed by atoms with Crippen LogP contribution in [-0.2, 0) is 0 Å². The van der Waals surface area contributed by atoms with E-state index in [1.807, 2.05) is 0 Å². The number of carbonyl (C=O) groups is 1. The Balaban J connectivity index is 1.85. The fraction of sp³-hybridized carbons (Fsp3) is 0.500. The Hall–Kier alpha value is -1.76. The zero-order chi connectivity index (χ0) is 17.0. The maximum Gasteiger partial charge on any atom is 0.272 e. The van der Waals surface area contributed by atoms with Gasteiger partial charge in [0.1, 0.15) is 11.6 Å². The van der Waals surface area contributed by atoms with Crippen LogP contribution in [0.15, 0.2) is 18.2 Å². The van der Waals surface area contributed by atoms with Crippen LogP contribution in [0.1, 0.15) is 43.5 Å². The Kier molecular flexibility index (Phi) is 5.87. The zero-order valence-corrected chi connectivity index (χ0v) is 14.0. The van der Waals surface area contributed by atoms with Crippen molar-refractivity contribution in [3.8, 4) is 0 Å². The minimum Gasteiger partial charge on any atom is -0.358 e. The van der Waals surface area contributed by atoms with E-state index in [4.69, 9.17) is 12.2 Å². The Morgan fingerprint density at radius 3 is 2.65 bits per heavy atom. The van der Waals surface area contributed by atoms with Gasteiger partial charge in [0.15, 0.2) is 5.11 Å². The van der Waals surface area contributed by atoms with Crippen LogP contribution in [0.3, 0.4) is 0 Å². The smallest absolute Gasteiger partial charge is 0.272 e. The van der Waals surface area contributed by atoms with Crippen molar-refractivity contribution in [1.29, 1.82) is 0 Å². The molecule has 1 saturated carbocycles. The first-order valence-electron chi connectivity index (χ1n) is 7.70. The topological polar surface area (TPSA) is 53.2 Å². The molecular weight excluding hydrogens is 320 g/mol. The summed E-state index contributed by atoms with van der Waals surface area (Å²) in [7, 11) is 0. The molecule has 1 aliphatic rings. The highest BCUT2D eigenvalue weighted by Crippen LogP contribution is 2.29. The number of halogens is 2. The summed E-state index contributed by atoms with van der Waals surface area (Å²) >= 11 is 5.16. The molecule has 1 fully saturated rings. The third-order valence-electron chi connectivity index (χ3n) is 4.49. The van der Waals surface area contributed by atoms with Gasteiger partial charge in [-0.2, -0.15) is 0 Å². The van der Waals surface area contributed by atoms with Crippen molar-refractivity contribution in [3.63, 3.8) is 0 Å². The van der Waals surface area contributed by atoms with Gasteiger partial charge in [-0.3, -0.25) is 15.6 Å². The quantitative estimate of drug-likeness (QED) is 0.572. The van der Waals surface area contributed by atoms with Crippen LogP contribution in [0.4, 0.5) is 8.78 Å². The zero-order valence-electron chi connectivity index (χ0n) is 13.2. The van der Waals surface area contributed by atoms with Crippen LogP contribution in [-0.4, -0.2) is 17.1 Å². The van der Waals surface area contributed by atoms with Crippen LogP contribution in [0.2, 0.25) is 0 Å². The van der Waals surface area contributed by atoms with Crippen LogP contribution in [0, 0.1) is 23.5 Å². The van der Waals surface area contributed by atoms with Gasteiger partial charge in [-0.1, -0.05) is 26.7 Å². The minimum absolute atomic E-state index is 0.248. The minimum atomic E-state index is -0.919. The molecule has 0 heterocycles. The molecule has 0 unspecified atom stereocenters. The second-order valence-corrected chi connectivity index (χ2v) is 6.46. The molecule has 1 amide bonds. The molecule has 0 radical (unpaired) electrons. The lowest BCUT2D eigenvalue weighted by atomic mass is 9.78. The lowest BCUT2D eigenvalue weighted by molar-refractivity contribution is 0.0939. The lowest BCUT2D eigenvalue weighted by Crippen LogP contribution is -2.52. The van der Waals surface area contributed by atoms with Gasteiger partial charge in [0.05, 0.1) is 5.56 Å². The van der Waals surface area contributed by atoms with E-state index in [2.05, 4.69) is 30.0 Å². The van der Waals surface area contributed by atoms with E-state index in [9.17, 15) is 13.6 Å². The standard InChI is InChI=1S/C16H21F2N3OS/c1-9-4-3-5-14(10(9)2)19-16(23)21-20-15(22)12-7-6-11(17)8-13(12)18/h6-10,14H,3-5H2,1-2H3,(H,20,22)(H2,19,21,23)/t9-,10+,14-/m0/s1. The van der Waals surface area contributed by atoms with E-state index in [1.54, 1.807) is 0 Å². The number of amides is 1. The third kappa shape index (κ3) is 4.60. The second kappa shape index (κ2) is 7.68. The predicted molar refractivity (Wildman–Crippen MR) is 88.7 cm³/mol. The number of hydrogen-bond donors (Lipinski definition) is 3. The molecule has 7 heteroatoms.